The second-order valence-corrected chi connectivity index (χ2v) is 5.91. The summed E-state index contributed by atoms with van der Waals surface area (Å²) in [6, 6.07) is 15.3. The fourth-order valence-electron chi connectivity index (χ4n) is 2.86. The normalized spacial score (nSPS) is 17.3. The molecule has 1 aliphatic rings. The average Bonchev–Trinajstić information content (AvgIpc) is 3.19. The Morgan fingerprint density at radius 3 is 2.69 bits per heavy atom. The fraction of sp³-hybridized carbons (Fsp3) is 0.211. The van der Waals surface area contributed by atoms with Crippen molar-refractivity contribution in [1.82, 2.24) is 15.0 Å². The van der Waals surface area contributed by atoms with Crippen LogP contribution in [0.3, 0.4) is 0 Å². The number of benzene rings is 2. The van der Waals surface area contributed by atoms with E-state index in [1.54, 1.807) is 17.0 Å². The molecule has 0 radical (unpaired) electrons. The predicted molar refractivity (Wildman–Crippen MR) is 90.7 cm³/mol. The summed E-state index contributed by atoms with van der Waals surface area (Å²) in [6.07, 6.45) is -0.513. The van der Waals surface area contributed by atoms with Gasteiger partial charge >= 0.3 is 0 Å². The summed E-state index contributed by atoms with van der Waals surface area (Å²) < 4.78 is 24.9. The van der Waals surface area contributed by atoms with Crippen molar-refractivity contribution in [3.05, 3.63) is 71.8 Å². The molecule has 2 aromatic carbocycles. The molecular weight excluding hydrogens is 337 g/mol. The number of amides is 1. The Balaban J connectivity index is 1.52. The highest BCUT2D eigenvalue weighted by Gasteiger charge is 2.30. The topological polar surface area (TPSA) is 68.5 Å². The van der Waals surface area contributed by atoms with E-state index in [9.17, 15) is 9.18 Å². The third-order valence-electron chi connectivity index (χ3n) is 4.21. The molecule has 0 spiro atoms. The predicted octanol–water partition coefficient (Wildman–Crippen LogP) is 3.09. The Morgan fingerprint density at radius 2 is 1.88 bits per heavy atom. The van der Waals surface area contributed by atoms with E-state index in [-0.39, 0.29) is 18.0 Å². The van der Waals surface area contributed by atoms with Gasteiger partial charge in [0.1, 0.15) is 11.9 Å². The highest BCUT2D eigenvalue weighted by atomic mass is 19.1. The molecule has 1 unspecified atom stereocenters. The zero-order valence-corrected chi connectivity index (χ0v) is 13.8. The number of hydrogen-bond acceptors (Lipinski definition) is 5. The molecule has 1 aliphatic heterocycles. The maximum atomic E-state index is 13.9. The summed E-state index contributed by atoms with van der Waals surface area (Å²) in [5.41, 5.74) is 0.854. The van der Waals surface area contributed by atoms with Gasteiger partial charge in [0.05, 0.1) is 18.7 Å². The van der Waals surface area contributed by atoms with Gasteiger partial charge in [-0.1, -0.05) is 35.5 Å². The van der Waals surface area contributed by atoms with Gasteiger partial charge in [0.2, 0.25) is 5.82 Å². The molecule has 3 aromatic rings. The summed E-state index contributed by atoms with van der Waals surface area (Å²) in [5.74, 6) is -0.147. The first kappa shape index (κ1) is 16.4. The number of aromatic nitrogens is 2. The van der Waals surface area contributed by atoms with Crippen molar-refractivity contribution < 1.29 is 18.4 Å². The van der Waals surface area contributed by atoms with Gasteiger partial charge in [0, 0.05) is 12.1 Å². The minimum Gasteiger partial charge on any atom is -0.366 e. The minimum absolute atomic E-state index is 0.0474. The highest BCUT2D eigenvalue weighted by molar-refractivity contribution is 5.94. The first-order chi connectivity index (χ1) is 12.7. The quantitative estimate of drug-likeness (QED) is 0.724. The molecular formula is C19H16FN3O3. The van der Waals surface area contributed by atoms with Crippen LogP contribution in [0.2, 0.25) is 0 Å². The Bertz CT molecular complexity index is 913. The summed E-state index contributed by atoms with van der Waals surface area (Å²) >= 11 is 0. The molecule has 0 saturated carbocycles. The van der Waals surface area contributed by atoms with E-state index in [1.165, 1.54) is 12.1 Å². The molecule has 1 atom stereocenters. The lowest BCUT2D eigenvalue weighted by Gasteiger charge is -2.31. The first-order valence-electron chi connectivity index (χ1n) is 8.27. The maximum Gasteiger partial charge on any atom is 0.258 e. The van der Waals surface area contributed by atoms with E-state index in [0.29, 0.717) is 24.9 Å². The molecule has 1 amide bonds. The molecule has 0 N–H and O–H groups in total. The number of ether oxygens (including phenoxy) is 1. The Hall–Kier alpha value is -3.06. The van der Waals surface area contributed by atoms with Crippen LogP contribution in [0, 0.1) is 5.82 Å². The van der Waals surface area contributed by atoms with E-state index >= 15 is 0 Å². The molecule has 4 rings (SSSR count). The van der Waals surface area contributed by atoms with E-state index in [1.807, 2.05) is 30.3 Å². The number of rotatable bonds is 3. The van der Waals surface area contributed by atoms with Crippen LogP contribution >= 0.6 is 0 Å². The van der Waals surface area contributed by atoms with Gasteiger partial charge in [0.25, 0.3) is 11.8 Å². The largest absolute Gasteiger partial charge is 0.366 e. The number of nitrogens with zero attached hydrogens (tertiary/aromatic N) is 3. The summed E-state index contributed by atoms with van der Waals surface area (Å²) in [6.45, 7) is 0.939. The average molecular weight is 353 g/mol. The van der Waals surface area contributed by atoms with E-state index in [4.69, 9.17) is 9.26 Å². The molecule has 1 saturated heterocycles. The van der Waals surface area contributed by atoms with Crippen LogP contribution in [-0.2, 0) is 4.74 Å². The van der Waals surface area contributed by atoms with Crippen LogP contribution in [0.25, 0.3) is 11.5 Å². The maximum absolute atomic E-state index is 13.9. The van der Waals surface area contributed by atoms with Crippen molar-refractivity contribution in [1.29, 1.82) is 0 Å². The van der Waals surface area contributed by atoms with Crippen molar-refractivity contribution in [3.8, 4) is 11.5 Å². The van der Waals surface area contributed by atoms with Gasteiger partial charge in [-0.2, -0.15) is 4.98 Å². The van der Waals surface area contributed by atoms with Gasteiger partial charge in [-0.05, 0) is 24.3 Å². The molecule has 1 fully saturated rings. The Kier molecular flexibility index (Phi) is 4.45. The lowest BCUT2D eigenvalue weighted by atomic mass is 10.1. The Labute approximate surface area is 149 Å². The fourth-order valence-corrected chi connectivity index (χ4v) is 2.86. The van der Waals surface area contributed by atoms with Gasteiger partial charge < -0.3 is 14.2 Å². The number of hydrogen-bond donors (Lipinski definition) is 0. The lowest BCUT2D eigenvalue weighted by molar-refractivity contribution is -0.0277. The van der Waals surface area contributed by atoms with Crippen LogP contribution < -0.4 is 0 Å². The standard InChI is InChI=1S/C19H16FN3O3/c20-15-9-5-4-8-14(15)19(24)23-10-11-25-16(12-23)17-21-18(26-22-17)13-6-2-1-3-7-13/h1-9,16H,10-12H2. The monoisotopic (exact) mass is 353 g/mol. The molecule has 7 heteroatoms. The number of carbonyl (C=O) groups is 1. The molecule has 2 heterocycles. The Morgan fingerprint density at radius 1 is 1.12 bits per heavy atom. The van der Waals surface area contributed by atoms with Crippen molar-refractivity contribution >= 4 is 5.91 Å². The zero-order valence-electron chi connectivity index (χ0n) is 13.8. The number of morpholine rings is 1. The second kappa shape index (κ2) is 7.05. The minimum atomic E-state index is -0.536. The van der Waals surface area contributed by atoms with E-state index in [0.717, 1.165) is 5.56 Å². The first-order valence-corrected chi connectivity index (χ1v) is 8.27. The molecule has 1 aromatic heterocycles. The van der Waals surface area contributed by atoms with Crippen molar-refractivity contribution in [3.63, 3.8) is 0 Å². The van der Waals surface area contributed by atoms with Crippen molar-refractivity contribution in [2.75, 3.05) is 19.7 Å². The smallest absolute Gasteiger partial charge is 0.258 e. The third kappa shape index (κ3) is 3.21. The molecule has 6 nitrogen and oxygen atoms in total. The van der Waals surface area contributed by atoms with Gasteiger partial charge in [0.15, 0.2) is 0 Å². The number of carbonyl (C=O) groups excluding carboxylic acids is 1. The number of halogens is 1. The van der Waals surface area contributed by atoms with Crippen LogP contribution in [-0.4, -0.2) is 40.6 Å². The molecule has 0 bridgehead atoms. The van der Waals surface area contributed by atoms with Crippen LogP contribution in [0.4, 0.5) is 4.39 Å². The summed E-state index contributed by atoms with van der Waals surface area (Å²) in [4.78, 5) is 18.5. The molecule has 132 valence electrons. The van der Waals surface area contributed by atoms with Crippen LogP contribution in [0.5, 0.6) is 0 Å². The highest BCUT2D eigenvalue weighted by Crippen LogP contribution is 2.24. The van der Waals surface area contributed by atoms with Crippen LogP contribution in [0.15, 0.2) is 59.1 Å². The van der Waals surface area contributed by atoms with Gasteiger partial charge in [-0.25, -0.2) is 4.39 Å². The summed E-state index contributed by atoms with van der Waals surface area (Å²) in [5, 5.41) is 3.98. The van der Waals surface area contributed by atoms with E-state index < -0.39 is 11.9 Å². The van der Waals surface area contributed by atoms with E-state index in [2.05, 4.69) is 10.1 Å². The van der Waals surface area contributed by atoms with Crippen molar-refractivity contribution in [2.24, 2.45) is 0 Å². The van der Waals surface area contributed by atoms with Gasteiger partial charge in [-0.15, -0.1) is 0 Å². The zero-order chi connectivity index (χ0) is 17.9. The molecule has 26 heavy (non-hydrogen) atoms. The lowest BCUT2D eigenvalue weighted by Crippen LogP contribution is -2.42. The third-order valence-corrected chi connectivity index (χ3v) is 4.21. The summed E-state index contributed by atoms with van der Waals surface area (Å²) in [7, 11) is 0. The second-order valence-electron chi connectivity index (χ2n) is 5.91. The molecule has 0 aliphatic carbocycles. The van der Waals surface area contributed by atoms with Crippen molar-refractivity contribution in [2.45, 2.75) is 6.10 Å². The van der Waals surface area contributed by atoms with Gasteiger partial charge in [-0.3, -0.25) is 4.79 Å². The van der Waals surface area contributed by atoms with Crippen LogP contribution in [0.1, 0.15) is 22.3 Å². The SMILES string of the molecule is O=C(c1ccccc1F)N1CCOC(c2noc(-c3ccccc3)n2)C1.